The molecular weight excluding hydrogens is 212 g/mol. The molecule has 0 aliphatic carbocycles. The van der Waals surface area contributed by atoms with Gasteiger partial charge in [0.2, 0.25) is 0 Å². The molecule has 0 unspecified atom stereocenters. The van der Waals surface area contributed by atoms with Gasteiger partial charge in [-0.1, -0.05) is 43.0 Å². The molecule has 3 nitrogen and oxygen atoms in total. The Kier molecular flexibility index (Phi) is 5.31. The second-order valence-corrected chi connectivity index (χ2v) is 3.42. The molecule has 0 heterocycles. The lowest BCUT2D eigenvalue weighted by atomic mass is 10.3. The highest BCUT2D eigenvalue weighted by molar-refractivity contribution is 5.90. The monoisotopic (exact) mass is 228 g/mol. The van der Waals surface area contributed by atoms with Crippen LogP contribution in [0.25, 0.3) is 0 Å². The van der Waals surface area contributed by atoms with Crippen molar-refractivity contribution >= 4 is 11.7 Å². The van der Waals surface area contributed by atoms with Crippen molar-refractivity contribution in [3.05, 3.63) is 66.9 Å². The molecule has 0 bridgehead atoms. The summed E-state index contributed by atoms with van der Waals surface area (Å²) in [6.45, 7) is 5.38. The Bertz CT molecular complexity index is 433. The van der Waals surface area contributed by atoms with Gasteiger partial charge in [-0.25, -0.2) is 4.79 Å². The van der Waals surface area contributed by atoms with E-state index in [-0.39, 0.29) is 6.03 Å². The van der Waals surface area contributed by atoms with Gasteiger partial charge in [-0.15, -0.1) is 0 Å². The van der Waals surface area contributed by atoms with Crippen LogP contribution in [0.3, 0.4) is 0 Å². The number of carbonyl (C=O) groups is 1. The Morgan fingerprint density at radius 2 is 1.94 bits per heavy atom. The van der Waals surface area contributed by atoms with Crippen LogP contribution in [0.5, 0.6) is 0 Å². The predicted octanol–water partition coefficient (Wildman–Crippen LogP) is 3.45. The zero-order valence-electron chi connectivity index (χ0n) is 9.81. The first-order valence-corrected chi connectivity index (χ1v) is 5.31. The highest BCUT2D eigenvalue weighted by Crippen LogP contribution is 2.04. The summed E-state index contributed by atoms with van der Waals surface area (Å²) in [6, 6.07) is 9.04. The average molecular weight is 228 g/mol. The number of hydrogen-bond acceptors (Lipinski definition) is 1. The lowest BCUT2D eigenvalue weighted by Crippen LogP contribution is -2.26. The van der Waals surface area contributed by atoms with Crippen molar-refractivity contribution in [2.75, 3.05) is 5.32 Å². The summed E-state index contributed by atoms with van der Waals surface area (Å²) in [7, 11) is 0. The summed E-state index contributed by atoms with van der Waals surface area (Å²) in [6.07, 6.45) is 7.07. The fourth-order valence-corrected chi connectivity index (χ4v) is 1.18. The Hall–Kier alpha value is -2.29. The standard InChI is InChI=1S/C14H16N2O/c1-3-4-6-9-12(2)15-14(17)16-13-10-7-5-8-11-13/h3-11H,1H2,2H3,(H2,15,16,17)/b6-4-,12-9+. The second-order valence-electron chi connectivity index (χ2n) is 3.42. The van der Waals surface area contributed by atoms with Gasteiger partial charge in [-0.2, -0.15) is 0 Å². The third-order valence-corrected chi connectivity index (χ3v) is 1.94. The summed E-state index contributed by atoms with van der Waals surface area (Å²) in [4.78, 5) is 11.5. The molecule has 0 atom stereocenters. The average Bonchev–Trinajstić information content (AvgIpc) is 2.30. The molecule has 1 aromatic carbocycles. The van der Waals surface area contributed by atoms with Crippen molar-refractivity contribution in [2.45, 2.75) is 6.92 Å². The van der Waals surface area contributed by atoms with Gasteiger partial charge >= 0.3 is 6.03 Å². The molecule has 17 heavy (non-hydrogen) atoms. The van der Waals surface area contributed by atoms with Crippen LogP contribution in [0.2, 0.25) is 0 Å². The molecule has 1 rings (SSSR count). The molecule has 0 aliphatic heterocycles. The fourth-order valence-electron chi connectivity index (χ4n) is 1.18. The summed E-state index contributed by atoms with van der Waals surface area (Å²) in [5, 5.41) is 5.44. The first-order valence-electron chi connectivity index (χ1n) is 5.31. The quantitative estimate of drug-likeness (QED) is 0.761. The van der Waals surface area contributed by atoms with Crippen molar-refractivity contribution in [3.8, 4) is 0 Å². The van der Waals surface area contributed by atoms with Gasteiger partial charge in [0.1, 0.15) is 0 Å². The molecule has 0 fully saturated rings. The zero-order chi connectivity index (χ0) is 12.5. The largest absolute Gasteiger partial charge is 0.323 e. The van der Waals surface area contributed by atoms with Crippen molar-refractivity contribution in [2.24, 2.45) is 0 Å². The number of hydrogen-bond donors (Lipinski definition) is 2. The molecular formula is C14H16N2O. The van der Waals surface area contributed by atoms with Crippen molar-refractivity contribution in [1.29, 1.82) is 0 Å². The highest BCUT2D eigenvalue weighted by Gasteiger charge is 1.99. The van der Waals surface area contributed by atoms with Gasteiger partial charge in [0.05, 0.1) is 0 Å². The summed E-state index contributed by atoms with van der Waals surface area (Å²) < 4.78 is 0. The van der Waals surface area contributed by atoms with Gasteiger partial charge < -0.3 is 10.6 Å². The SMILES string of the molecule is C=C/C=C\C=C(/C)NC(=O)Nc1ccccc1. The maximum Gasteiger partial charge on any atom is 0.323 e. The van der Waals surface area contributed by atoms with E-state index in [2.05, 4.69) is 17.2 Å². The normalized spacial score (nSPS) is 11.2. The molecule has 88 valence electrons. The van der Waals surface area contributed by atoms with Crippen molar-refractivity contribution in [1.82, 2.24) is 5.32 Å². The molecule has 0 radical (unpaired) electrons. The van der Waals surface area contributed by atoms with E-state index in [0.717, 1.165) is 11.4 Å². The molecule has 0 aliphatic rings. The van der Waals surface area contributed by atoms with E-state index < -0.39 is 0 Å². The summed E-state index contributed by atoms with van der Waals surface area (Å²) in [5.41, 5.74) is 1.52. The molecule has 0 saturated heterocycles. The first-order chi connectivity index (χ1) is 8.22. The van der Waals surface area contributed by atoms with Crippen LogP contribution in [0.15, 0.2) is 66.9 Å². The predicted molar refractivity (Wildman–Crippen MR) is 71.7 cm³/mol. The molecule has 2 N–H and O–H groups in total. The third-order valence-electron chi connectivity index (χ3n) is 1.94. The molecule has 2 amide bonds. The van der Waals surface area contributed by atoms with E-state index in [9.17, 15) is 4.79 Å². The maximum absolute atomic E-state index is 11.5. The van der Waals surface area contributed by atoms with E-state index in [1.54, 1.807) is 18.2 Å². The van der Waals surface area contributed by atoms with E-state index >= 15 is 0 Å². The Balaban J connectivity index is 2.47. The van der Waals surface area contributed by atoms with Gasteiger partial charge in [-0.05, 0) is 25.1 Å². The smallest absolute Gasteiger partial charge is 0.312 e. The second kappa shape index (κ2) is 7.06. The number of rotatable bonds is 4. The number of urea groups is 1. The van der Waals surface area contributed by atoms with Crippen molar-refractivity contribution in [3.63, 3.8) is 0 Å². The minimum absolute atomic E-state index is 0.253. The van der Waals surface area contributed by atoms with E-state index in [1.165, 1.54) is 0 Å². The van der Waals surface area contributed by atoms with Crippen LogP contribution in [0, 0.1) is 0 Å². The first kappa shape index (κ1) is 12.8. The van der Waals surface area contributed by atoms with Crippen molar-refractivity contribution < 1.29 is 4.79 Å². The Morgan fingerprint density at radius 3 is 2.59 bits per heavy atom. The summed E-state index contributed by atoms with van der Waals surface area (Å²) >= 11 is 0. The van der Waals surface area contributed by atoms with Crippen LogP contribution in [-0.4, -0.2) is 6.03 Å². The maximum atomic E-state index is 11.5. The number of anilines is 1. The van der Waals surface area contributed by atoms with E-state index in [4.69, 9.17) is 0 Å². The lowest BCUT2D eigenvalue weighted by molar-refractivity contribution is 0.254. The zero-order valence-corrected chi connectivity index (χ0v) is 9.81. The molecule has 0 spiro atoms. The fraction of sp³-hybridized carbons (Fsp3) is 0.0714. The number of nitrogens with one attached hydrogen (secondary N) is 2. The number of amides is 2. The van der Waals surface area contributed by atoms with E-state index in [1.807, 2.05) is 43.3 Å². The molecule has 0 saturated carbocycles. The van der Waals surface area contributed by atoms with Gasteiger partial charge in [0.15, 0.2) is 0 Å². The van der Waals surface area contributed by atoms with Crippen LogP contribution in [0.1, 0.15) is 6.92 Å². The number of carbonyl (C=O) groups excluding carboxylic acids is 1. The number of benzene rings is 1. The minimum atomic E-state index is -0.253. The lowest BCUT2D eigenvalue weighted by Gasteiger charge is -2.06. The third kappa shape index (κ3) is 5.37. The van der Waals surface area contributed by atoms with Crippen LogP contribution >= 0.6 is 0 Å². The van der Waals surface area contributed by atoms with Gasteiger partial charge in [0, 0.05) is 11.4 Å². The molecule has 0 aromatic heterocycles. The number of allylic oxidation sites excluding steroid dienone is 5. The summed E-state index contributed by atoms with van der Waals surface area (Å²) in [5.74, 6) is 0. The van der Waals surface area contributed by atoms with Gasteiger partial charge in [0.25, 0.3) is 0 Å². The Labute approximate surface area is 102 Å². The van der Waals surface area contributed by atoms with E-state index in [0.29, 0.717) is 0 Å². The van der Waals surface area contributed by atoms with Gasteiger partial charge in [-0.3, -0.25) is 0 Å². The van der Waals surface area contributed by atoms with Crippen LogP contribution in [0.4, 0.5) is 10.5 Å². The number of para-hydroxylation sites is 1. The van der Waals surface area contributed by atoms with Crippen LogP contribution in [-0.2, 0) is 0 Å². The Morgan fingerprint density at radius 1 is 1.24 bits per heavy atom. The van der Waals surface area contributed by atoms with Crippen LogP contribution < -0.4 is 10.6 Å². The molecule has 1 aromatic rings. The highest BCUT2D eigenvalue weighted by atomic mass is 16.2. The minimum Gasteiger partial charge on any atom is -0.312 e. The topological polar surface area (TPSA) is 41.1 Å². The molecule has 3 heteroatoms.